The van der Waals surface area contributed by atoms with E-state index in [1.165, 1.54) is 18.2 Å². The second kappa shape index (κ2) is 10.5. The number of carbonyl (C=O) groups excluding carboxylic acids is 4. The van der Waals surface area contributed by atoms with Gasteiger partial charge in [-0.05, 0) is 6.07 Å². The van der Waals surface area contributed by atoms with Crippen molar-refractivity contribution in [2.24, 2.45) is 0 Å². The number of esters is 4. The molecule has 1 aliphatic heterocycles. The number of nitro benzene ring substituents is 1. The zero-order chi connectivity index (χ0) is 24.0. The lowest BCUT2D eigenvalue weighted by Gasteiger charge is -2.42. The largest absolute Gasteiger partial charge is 0.467 e. The maximum absolute atomic E-state index is 12.3. The van der Waals surface area contributed by atoms with E-state index in [9.17, 15) is 29.3 Å². The van der Waals surface area contributed by atoms with Gasteiger partial charge < -0.3 is 28.4 Å². The van der Waals surface area contributed by atoms with E-state index in [0.29, 0.717) is 0 Å². The number of hydrogen-bond acceptors (Lipinski definition) is 12. The average molecular weight is 455 g/mol. The lowest BCUT2D eigenvalue weighted by Crippen LogP contribution is -2.64. The maximum Gasteiger partial charge on any atom is 0.339 e. The van der Waals surface area contributed by atoms with Crippen LogP contribution < -0.4 is 4.74 Å². The van der Waals surface area contributed by atoms with E-state index in [4.69, 9.17) is 23.7 Å². The molecule has 1 aromatic carbocycles. The Kier molecular flexibility index (Phi) is 8.07. The van der Waals surface area contributed by atoms with Crippen LogP contribution in [-0.2, 0) is 42.9 Å². The van der Waals surface area contributed by atoms with Crippen LogP contribution in [0.15, 0.2) is 24.3 Å². The minimum atomic E-state index is -1.68. The number of carbonyl (C=O) groups is 4. The highest BCUT2D eigenvalue weighted by molar-refractivity contribution is 5.77. The molecule has 1 saturated heterocycles. The van der Waals surface area contributed by atoms with Gasteiger partial charge in [0.05, 0.1) is 12.0 Å². The molecular formula is C19H21NO12. The topological polar surface area (TPSA) is 167 Å². The van der Waals surface area contributed by atoms with Crippen LogP contribution in [0.5, 0.6) is 5.75 Å². The zero-order valence-electron chi connectivity index (χ0n) is 17.5. The van der Waals surface area contributed by atoms with E-state index >= 15 is 0 Å². The molecule has 2 rings (SSSR count). The highest BCUT2D eigenvalue weighted by Gasteiger charge is 2.56. The SMILES string of the molecule is COC(=O)C1OC(Oc2ccccc2[N+](=O)[O-])C(OC(C)=O)C(OC(C)=O)C1OC(C)=O. The van der Waals surface area contributed by atoms with Gasteiger partial charge in [-0.25, -0.2) is 4.79 Å². The third kappa shape index (κ3) is 5.91. The van der Waals surface area contributed by atoms with Crippen molar-refractivity contribution in [1.82, 2.24) is 0 Å². The molecule has 1 aromatic rings. The standard InChI is InChI=1S/C19H21NO12/c1-9(21)28-14-15(29-10(2)22)17(30-11(3)23)19(32-16(14)18(24)27-4)31-13-8-6-5-7-12(13)20(25)26/h5-8,14-17,19H,1-4H3. The fourth-order valence-corrected chi connectivity index (χ4v) is 3.01. The second-order valence-electron chi connectivity index (χ2n) is 6.51. The summed E-state index contributed by atoms with van der Waals surface area (Å²) >= 11 is 0. The van der Waals surface area contributed by atoms with Gasteiger partial charge in [0, 0.05) is 26.8 Å². The monoisotopic (exact) mass is 455 g/mol. The molecule has 32 heavy (non-hydrogen) atoms. The molecule has 0 aromatic heterocycles. The molecule has 0 radical (unpaired) electrons. The van der Waals surface area contributed by atoms with Gasteiger partial charge in [-0.15, -0.1) is 0 Å². The Morgan fingerprint density at radius 3 is 1.97 bits per heavy atom. The summed E-state index contributed by atoms with van der Waals surface area (Å²) in [5.41, 5.74) is -0.446. The number of methoxy groups -OCH3 is 1. The highest BCUT2D eigenvalue weighted by atomic mass is 16.7. The number of benzene rings is 1. The Bertz CT molecular complexity index is 900. The third-order valence-electron chi connectivity index (χ3n) is 4.14. The Morgan fingerprint density at radius 2 is 1.44 bits per heavy atom. The molecule has 1 fully saturated rings. The predicted molar refractivity (Wildman–Crippen MR) is 101 cm³/mol. The molecule has 13 nitrogen and oxygen atoms in total. The summed E-state index contributed by atoms with van der Waals surface area (Å²) in [6.07, 6.45) is -8.06. The van der Waals surface area contributed by atoms with Crippen molar-refractivity contribution >= 4 is 29.6 Å². The highest BCUT2D eigenvalue weighted by Crippen LogP contribution is 2.34. The number of para-hydroxylation sites is 2. The van der Waals surface area contributed by atoms with E-state index in [1.54, 1.807) is 0 Å². The normalized spacial score (nSPS) is 24.6. The van der Waals surface area contributed by atoms with E-state index in [-0.39, 0.29) is 5.75 Å². The first-order chi connectivity index (χ1) is 15.0. The second-order valence-corrected chi connectivity index (χ2v) is 6.51. The van der Waals surface area contributed by atoms with Gasteiger partial charge in [0.1, 0.15) is 0 Å². The molecule has 0 amide bonds. The van der Waals surface area contributed by atoms with Crippen LogP contribution in [0.4, 0.5) is 5.69 Å². The van der Waals surface area contributed by atoms with Crippen LogP contribution in [0, 0.1) is 10.1 Å². The third-order valence-corrected chi connectivity index (χ3v) is 4.14. The summed E-state index contributed by atoms with van der Waals surface area (Å²) in [5.74, 6) is -3.88. The molecule has 5 atom stereocenters. The van der Waals surface area contributed by atoms with Gasteiger partial charge in [0.25, 0.3) is 0 Å². The van der Waals surface area contributed by atoms with Crippen molar-refractivity contribution in [2.45, 2.75) is 51.5 Å². The number of nitrogens with zero attached hydrogens (tertiary/aromatic N) is 1. The van der Waals surface area contributed by atoms with Crippen molar-refractivity contribution in [2.75, 3.05) is 7.11 Å². The Balaban J connectivity index is 2.56. The van der Waals surface area contributed by atoms with Crippen LogP contribution in [0.3, 0.4) is 0 Å². The molecule has 13 heteroatoms. The van der Waals surface area contributed by atoms with Crippen molar-refractivity contribution in [3.05, 3.63) is 34.4 Å². The van der Waals surface area contributed by atoms with Gasteiger partial charge >= 0.3 is 29.6 Å². The van der Waals surface area contributed by atoms with Crippen LogP contribution in [0.25, 0.3) is 0 Å². The molecular weight excluding hydrogens is 434 g/mol. The van der Waals surface area contributed by atoms with Crippen LogP contribution in [-0.4, -0.2) is 66.6 Å². The molecule has 0 saturated carbocycles. The maximum atomic E-state index is 12.3. The summed E-state index contributed by atoms with van der Waals surface area (Å²) in [6.45, 7) is 3.12. The molecule has 0 bridgehead atoms. The first kappa shape index (κ1) is 24.5. The van der Waals surface area contributed by atoms with Crippen molar-refractivity contribution in [3.8, 4) is 5.75 Å². The Hall–Kier alpha value is -3.74. The first-order valence-corrected chi connectivity index (χ1v) is 9.20. The van der Waals surface area contributed by atoms with Crippen LogP contribution in [0.1, 0.15) is 20.8 Å². The molecule has 0 spiro atoms. The number of ether oxygens (including phenoxy) is 6. The summed E-state index contributed by atoms with van der Waals surface area (Å²) in [6, 6.07) is 5.24. The summed E-state index contributed by atoms with van der Waals surface area (Å²) in [4.78, 5) is 58.1. The van der Waals surface area contributed by atoms with Crippen molar-refractivity contribution in [3.63, 3.8) is 0 Å². The zero-order valence-corrected chi connectivity index (χ0v) is 17.5. The van der Waals surface area contributed by atoms with Gasteiger partial charge in [-0.2, -0.15) is 0 Å². The van der Waals surface area contributed by atoms with Crippen molar-refractivity contribution in [1.29, 1.82) is 0 Å². The lowest BCUT2D eigenvalue weighted by molar-refractivity contribution is -0.387. The van der Waals surface area contributed by atoms with E-state index in [2.05, 4.69) is 4.74 Å². The van der Waals surface area contributed by atoms with Gasteiger partial charge in [-0.1, -0.05) is 12.1 Å². The van der Waals surface area contributed by atoms with E-state index in [1.807, 2.05) is 0 Å². The van der Waals surface area contributed by atoms with E-state index < -0.39 is 65.2 Å². The Morgan fingerprint density at radius 1 is 0.906 bits per heavy atom. The summed E-state index contributed by atoms with van der Waals surface area (Å²) in [5, 5.41) is 11.3. The number of rotatable bonds is 7. The van der Waals surface area contributed by atoms with E-state index in [0.717, 1.165) is 33.9 Å². The molecule has 174 valence electrons. The molecule has 1 aliphatic rings. The lowest BCUT2D eigenvalue weighted by atomic mass is 9.97. The minimum Gasteiger partial charge on any atom is -0.467 e. The van der Waals surface area contributed by atoms with Crippen LogP contribution >= 0.6 is 0 Å². The van der Waals surface area contributed by atoms with Gasteiger partial charge in [0.15, 0.2) is 24.1 Å². The predicted octanol–water partition coefficient (Wildman–Crippen LogP) is 0.667. The first-order valence-electron chi connectivity index (χ1n) is 9.20. The summed E-state index contributed by atoms with van der Waals surface area (Å²) in [7, 11) is 1.04. The van der Waals surface area contributed by atoms with Crippen LogP contribution in [0.2, 0.25) is 0 Å². The fourth-order valence-electron chi connectivity index (χ4n) is 3.01. The molecule has 1 heterocycles. The quantitative estimate of drug-likeness (QED) is 0.244. The van der Waals surface area contributed by atoms with Crippen molar-refractivity contribution < 1.29 is 52.5 Å². The van der Waals surface area contributed by atoms with Gasteiger partial charge in [-0.3, -0.25) is 24.5 Å². The Labute approximate surface area is 181 Å². The summed E-state index contributed by atoms with van der Waals surface area (Å²) < 4.78 is 31.3. The molecule has 0 N–H and O–H groups in total. The minimum absolute atomic E-state index is 0.282. The molecule has 0 aliphatic carbocycles. The number of hydrogen-bond donors (Lipinski definition) is 0. The average Bonchev–Trinajstić information content (AvgIpc) is 2.70. The fraction of sp³-hybridized carbons (Fsp3) is 0.474. The molecule has 5 unspecified atom stereocenters. The van der Waals surface area contributed by atoms with Gasteiger partial charge in [0.2, 0.25) is 12.4 Å². The number of nitro groups is 1. The smallest absolute Gasteiger partial charge is 0.339 e.